The summed E-state index contributed by atoms with van der Waals surface area (Å²) in [5, 5.41) is 0. The molecule has 0 aromatic heterocycles. The van der Waals surface area contributed by atoms with Crippen molar-refractivity contribution in [1.82, 2.24) is 0 Å². The molecule has 0 N–H and O–H groups in total. The molecular formula is C18H30O2. The third-order valence-electron chi connectivity index (χ3n) is 5.12. The molecule has 20 heavy (non-hydrogen) atoms. The van der Waals surface area contributed by atoms with Gasteiger partial charge in [0.2, 0.25) is 0 Å². The third-order valence-corrected chi connectivity index (χ3v) is 5.12. The first-order chi connectivity index (χ1) is 9.92. The molecule has 0 aromatic carbocycles. The molecule has 3 atom stereocenters. The van der Waals surface area contributed by atoms with E-state index in [1.54, 1.807) is 5.57 Å². The summed E-state index contributed by atoms with van der Waals surface area (Å²) in [5.41, 5.74) is 1.74. The first kappa shape index (κ1) is 14.6. The number of epoxide rings is 2. The Hall–Kier alpha value is -0.340. The lowest BCUT2D eigenvalue weighted by Crippen LogP contribution is -2.06. The van der Waals surface area contributed by atoms with Gasteiger partial charge in [0, 0.05) is 0 Å². The zero-order valence-electron chi connectivity index (χ0n) is 12.8. The Balaban J connectivity index is 1.20. The SMILES string of the molecule is C1=C(CCCCCCCC2CO2)CCC(C2CO2)CC1. The fraction of sp³-hybridized carbons (Fsp3) is 0.889. The molecule has 2 aliphatic heterocycles. The van der Waals surface area contributed by atoms with Crippen LogP contribution < -0.4 is 0 Å². The number of ether oxygens (including phenoxy) is 2. The van der Waals surface area contributed by atoms with E-state index in [9.17, 15) is 0 Å². The Morgan fingerprint density at radius 3 is 2.55 bits per heavy atom. The highest BCUT2D eigenvalue weighted by Gasteiger charge is 2.32. The van der Waals surface area contributed by atoms with E-state index >= 15 is 0 Å². The predicted octanol–water partition coefficient (Wildman–Crippen LogP) is 4.63. The molecule has 0 spiro atoms. The van der Waals surface area contributed by atoms with Gasteiger partial charge in [0.25, 0.3) is 0 Å². The fourth-order valence-corrected chi connectivity index (χ4v) is 3.53. The maximum Gasteiger partial charge on any atom is 0.0838 e. The lowest BCUT2D eigenvalue weighted by atomic mass is 9.95. The zero-order chi connectivity index (χ0) is 13.6. The van der Waals surface area contributed by atoms with E-state index in [4.69, 9.17) is 9.47 Å². The first-order valence-electron chi connectivity index (χ1n) is 8.83. The van der Waals surface area contributed by atoms with Crippen LogP contribution in [0.1, 0.15) is 70.6 Å². The van der Waals surface area contributed by atoms with Gasteiger partial charge >= 0.3 is 0 Å². The second kappa shape index (κ2) is 7.61. The van der Waals surface area contributed by atoms with Crippen LogP contribution in [0.3, 0.4) is 0 Å². The molecule has 0 bridgehead atoms. The molecule has 0 amide bonds. The second-order valence-corrected chi connectivity index (χ2v) is 6.87. The zero-order valence-corrected chi connectivity index (χ0v) is 12.8. The van der Waals surface area contributed by atoms with Gasteiger partial charge in [-0.2, -0.15) is 0 Å². The van der Waals surface area contributed by atoms with Crippen molar-refractivity contribution in [3.63, 3.8) is 0 Å². The Morgan fingerprint density at radius 1 is 0.950 bits per heavy atom. The van der Waals surface area contributed by atoms with Crippen molar-refractivity contribution in [3.05, 3.63) is 11.6 Å². The molecule has 2 heteroatoms. The molecule has 114 valence electrons. The summed E-state index contributed by atoms with van der Waals surface area (Å²) in [5.74, 6) is 0.855. The molecule has 1 aliphatic carbocycles. The summed E-state index contributed by atoms with van der Waals surface area (Å²) >= 11 is 0. The van der Waals surface area contributed by atoms with Crippen LogP contribution >= 0.6 is 0 Å². The fourth-order valence-electron chi connectivity index (χ4n) is 3.53. The molecular weight excluding hydrogens is 248 g/mol. The quantitative estimate of drug-likeness (QED) is 0.349. The number of hydrogen-bond donors (Lipinski definition) is 0. The van der Waals surface area contributed by atoms with E-state index in [1.165, 1.54) is 70.6 Å². The van der Waals surface area contributed by atoms with Gasteiger partial charge in [-0.1, -0.05) is 37.3 Å². The topological polar surface area (TPSA) is 25.1 Å². The summed E-state index contributed by atoms with van der Waals surface area (Å²) in [6.07, 6.45) is 18.8. The van der Waals surface area contributed by atoms with Crippen molar-refractivity contribution in [2.75, 3.05) is 13.2 Å². The minimum Gasteiger partial charge on any atom is -0.373 e. The molecule has 2 fully saturated rings. The largest absolute Gasteiger partial charge is 0.373 e. The van der Waals surface area contributed by atoms with E-state index < -0.39 is 0 Å². The maximum atomic E-state index is 5.46. The molecule has 0 saturated carbocycles. The summed E-state index contributed by atoms with van der Waals surface area (Å²) in [6, 6.07) is 0. The number of rotatable bonds is 9. The van der Waals surface area contributed by atoms with Crippen LogP contribution in [0.4, 0.5) is 0 Å². The van der Waals surface area contributed by atoms with E-state index in [0.29, 0.717) is 12.2 Å². The highest BCUT2D eigenvalue weighted by Crippen LogP contribution is 2.33. The van der Waals surface area contributed by atoms with Gasteiger partial charge in [-0.05, 0) is 50.9 Å². The van der Waals surface area contributed by atoms with Gasteiger partial charge in [0.05, 0.1) is 25.4 Å². The van der Waals surface area contributed by atoms with Crippen molar-refractivity contribution < 1.29 is 9.47 Å². The smallest absolute Gasteiger partial charge is 0.0838 e. The number of unbranched alkanes of at least 4 members (excludes halogenated alkanes) is 4. The van der Waals surface area contributed by atoms with E-state index in [-0.39, 0.29) is 0 Å². The molecule has 0 radical (unpaired) electrons. The summed E-state index contributed by atoms with van der Waals surface area (Å²) in [7, 11) is 0. The highest BCUT2D eigenvalue weighted by molar-refractivity contribution is 5.05. The van der Waals surface area contributed by atoms with Gasteiger partial charge < -0.3 is 9.47 Å². The lowest BCUT2D eigenvalue weighted by molar-refractivity contribution is 0.307. The summed E-state index contributed by atoms with van der Waals surface area (Å²) in [4.78, 5) is 0. The lowest BCUT2D eigenvalue weighted by Gasteiger charge is -2.10. The Morgan fingerprint density at radius 2 is 1.75 bits per heavy atom. The highest BCUT2D eigenvalue weighted by atomic mass is 16.6. The van der Waals surface area contributed by atoms with Crippen LogP contribution in [0, 0.1) is 5.92 Å². The molecule has 3 rings (SSSR count). The van der Waals surface area contributed by atoms with Crippen LogP contribution in [-0.2, 0) is 9.47 Å². The van der Waals surface area contributed by atoms with Crippen molar-refractivity contribution in [3.8, 4) is 0 Å². The summed E-state index contributed by atoms with van der Waals surface area (Å²) < 4.78 is 10.7. The predicted molar refractivity (Wildman–Crippen MR) is 81.8 cm³/mol. The van der Waals surface area contributed by atoms with Crippen LogP contribution in [-0.4, -0.2) is 25.4 Å². The molecule has 3 aliphatic rings. The van der Waals surface area contributed by atoms with Crippen molar-refractivity contribution >= 4 is 0 Å². The van der Waals surface area contributed by atoms with Crippen LogP contribution in [0.5, 0.6) is 0 Å². The van der Waals surface area contributed by atoms with E-state index in [0.717, 1.165) is 19.1 Å². The molecule has 2 heterocycles. The molecule has 2 nitrogen and oxygen atoms in total. The summed E-state index contributed by atoms with van der Waals surface area (Å²) in [6.45, 7) is 2.06. The Labute approximate surface area is 123 Å². The number of allylic oxidation sites excluding steroid dienone is 2. The van der Waals surface area contributed by atoms with Crippen LogP contribution in [0.15, 0.2) is 11.6 Å². The Bertz CT molecular complexity index is 315. The average Bonchev–Trinajstić information content (AvgIpc) is 3.31. The van der Waals surface area contributed by atoms with Gasteiger partial charge in [-0.25, -0.2) is 0 Å². The minimum atomic E-state index is 0.623. The molecule has 2 saturated heterocycles. The maximum absolute atomic E-state index is 5.46. The minimum absolute atomic E-state index is 0.623. The normalized spacial score (nSPS) is 32.6. The third kappa shape index (κ3) is 5.21. The second-order valence-electron chi connectivity index (χ2n) is 6.87. The Kier molecular flexibility index (Phi) is 5.55. The molecule has 3 unspecified atom stereocenters. The van der Waals surface area contributed by atoms with Crippen LogP contribution in [0.25, 0.3) is 0 Å². The van der Waals surface area contributed by atoms with Gasteiger partial charge in [-0.3, -0.25) is 0 Å². The van der Waals surface area contributed by atoms with Crippen molar-refractivity contribution in [2.45, 2.75) is 82.8 Å². The average molecular weight is 278 g/mol. The van der Waals surface area contributed by atoms with Crippen LogP contribution in [0.2, 0.25) is 0 Å². The number of hydrogen-bond acceptors (Lipinski definition) is 2. The van der Waals surface area contributed by atoms with Gasteiger partial charge in [0.1, 0.15) is 0 Å². The monoisotopic (exact) mass is 278 g/mol. The van der Waals surface area contributed by atoms with E-state index in [1.807, 2.05) is 0 Å². The first-order valence-corrected chi connectivity index (χ1v) is 8.83. The van der Waals surface area contributed by atoms with Crippen molar-refractivity contribution in [2.24, 2.45) is 5.92 Å². The van der Waals surface area contributed by atoms with Crippen molar-refractivity contribution in [1.29, 1.82) is 0 Å². The van der Waals surface area contributed by atoms with Gasteiger partial charge in [0.15, 0.2) is 0 Å². The van der Waals surface area contributed by atoms with Gasteiger partial charge in [-0.15, -0.1) is 0 Å². The van der Waals surface area contributed by atoms with E-state index in [2.05, 4.69) is 6.08 Å². The molecule has 0 aromatic rings. The standard InChI is InChI=1S/C18H30O2/c1(3-5-10-17-13-19-17)2-4-7-15-8-6-9-16(12-11-15)18-14-20-18/h8,16-18H,1-7,9-14H2.